The second kappa shape index (κ2) is 6.40. The molecule has 0 saturated heterocycles. The van der Waals surface area contributed by atoms with Crippen molar-refractivity contribution in [1.82, 2.24) is 0 Å². The highest BCUT2D eigenvalue weighted by Crippen LogP contribution is 2.29. The number of carbonyl (C=O) groups is 1. The molecule has 0 amide bonds. The number of aryl methyl sites for hydroxylation is 1. The lowest BCUT2D eigenvalue weighted by Crippen LogP contribution is -2.16. The first kappa shape index (κ1) is 14.5. The van der Waals surface area contributed by atoms with Gasteiger partial charge in [-0.3, -0.25) is 0 Å². The third kappa shape index (κ3) is 3.74. The molecule has 0 radical (unpaired) electrons. The Kier molecular flexibility index (Phi) is 5.16. The molecule has 1 aromatic carbocycles. The zero-order valence-corrected chi connectivity index (χ0v) is 11.3. The predicted octanol–water partition coefficient (Wildman–Crippen LogP) is 2.80. The second-order valence-corrected chi connectivity index (χ2v) is 4.60. The fraction of sp³-hybridized carbons (Fsp3) is 0.500. The van der Waals surface area contributed by atoms with Gasteiger partial charge in [0.15, 0.2) is 0 Å². The molecular formula is C14H20O4. The van der Waals surface area contributed by atoms with E-state index in [1.54, 1.807) is 7.11 Å². The molecule has 0 aliphatic heterocycles. The van der Waals surface area contributed by atoms with Crippen molar-refractivity contribution in [2.24, 2.45) is 5.92 Å². The Morgan fingerprint density at radius 2 is 2.06 bits per heavy atom. The van der Waals surface area contributed by atoms with E-state index in [1.807, 2.05) is 39.0 Å². The molecule has 1 aromatic rings. The van der Waals surface area contributed by atoms with Gasteiger partial charge >= 0.3 is 5.97 Å². The lowest BCUT2D eigenvalue weighted by Gasteiger charge is -2.22. The molecule has 0 aromatic heterocycles. The molecule has 0 aliphatic rings. The second-order valence-electron chi connectivity index (χ2n) is 4.60. The summed E-state index contributed by atoms with van der Waals surface area (Å²) in [7, 11) is 1.63. The lowest BCUT2D eigenvalue weighted by molar-refractivity contribution is -0.145. The molecule has 1 atom stereocenters. The van der Waals surface area contributed by atoms with E-state index in [0.29, 0.717) is 0 Å². The summed E-state index contributed by atoms with van der Waals surface area (Å²) in [5.41, 5.74) is 1.99. The van der Waals surface area contributed by atoms with E-state index in [0.717, 1.165) is 16.9 Å². The van der Waals surface area contributed by atoms with Gasteiger partial charge in [-0.2, -0.15) is 0 Å². The zero-order valence-electron chi connectivity index (χ0n) is 11.3. The van der Waals surface area contributed by atoms with Crippen LogP contribution in [0.1, 0.15) is 31.1 Å². The number of hydrogen-bond donors (Lipinski definition) is 1. The third-order valence-electron chi connectivity index (χ3n) is 2.74. The van der Waals surface area contributed by atoms with Crippen LogP contribution >= 0.6 is 0 Å². The number of carboxylic acids is 1. The first-order valence-electron chi connectivity index (χ1n) is 5.93. The van der Waals surface area contributed by atoms with Crippen molar-refractivity contribution in [2.45, 2.75) is 26.9 Å². The Hall–Kier alpha value is -1.55. The van der Waals surface area contributed by atoms with Crippen LogP contribution in [0.15, 0.2) is 18.2 Å². The first-order chi connectivity index (χ1) is 8.45. The van der Waals surface area contributed by atoms with Crippen LogP contribution < -0.4 is 4.74 Å². The van der Waals surface area contributed by atoms with Gasteiger partial charge in [-0.25, -0.2) is 4.79 Å². The maximum atomic E-state index is 10.6. The minimum atomic E-state index is -0.953. The van der Waals surface area contributed by atoms with E-state index in [1.165, 1.54) is 0 Å². The van der Waals surface area contributed by atoms with Crippen LogP contribution in [0.4, 0.5) is 0 Å². The number of methoxy groups -OCH3 is 1. The highest BCUT2D eigenvalue weighted by atomic mass is 16.5. The van der Waals surface area contributed by atoms with Crippen LogP contribution in [-0.4, -0.2) is 24.8 Å². The van der Waals surface area contributed by atoms with Gasteiger partial charge in [0.05, 0.1) is 13.2 Å². The van der Waals surface area contributed by atoms with Gasteiger partial charge in [0.2, 0.25) is 0 Å². The fourth-order valence-electron chi connectivity index (χ4n) is 1.91. The maximum absolute atomic E-state index is 10.6. The summed E-state index contributed by atoms with van der Waals surface area (Å²) in [6, 6.07) is 5.77. The molecule has 4 heteroatoms. The van der Waals surface area contributed by atoms with Crippen molar-refractivity contribution >= 4 is 5.97 Å². The molecule has 100 valence electrons. The number of benzene rings is 1. The average Bonchev–Trinajstić information content (AvgIpc) is 2.28. The molecule has 0 saturated carbocycles. The summed E-state index contributed by atoms with van der Waals surface area (Å²) in [5.74, 6) is 0.0718. The summed E-state index contributed by atoms with van der Waals surface area (Å²) in [6.45, 7) is 5.68. The summed E-state index contributed by atoms with van der Waals surface area (Å²) in [4.78, 5) is 10.6. The van der Waals surface area contributed by atoms with Gasteiger partial charge in [0.25, 0.3) is 0 Å². The van der Waals surface area contributed by atoms with E-state index in [2.05, 4.69) is 0 Å². The Labute approximate surface area is 108 Å². The highest BCUT2D eigenvalue weighted by Gasteiger charge is 2.18. The van der Waals surface area contributed by atoms with Crippen molar-refractivity contribution in [2.75, 3.05) is 13.7 Å². The smallest absolute Gasteiger partial charge is 0.329 e. The lowest BCUT2D eigenvalue weighted by atomic mass is 9.97. The Morgan fingerprint density at radius 1 is 1.39 bits per heavy atom. The van der Waals surface area contributed by atoms with Crippen LogP contribution in [0.2, 0.25) is 0 Å². The number of aliphatic carboxylic acids is 1. The maximum Gasteiger partial charge on any atom is 0.329 e. The van der Waals surface area contributed by atoms with Crippen molar-refractivity contribution in [1.29, 1.82) is 0 Å². The van der Waals surface area contributed by atoms with E-state index in [9.17, 15) is 4.79 Å². The number of ether oxygens (including phenoxy) is 2. The van der Waals surface area contributed by atoms with Crippen molar-refractivity contribution in [3.05, 3.63) is 29.3 Å². The van der Waals surface area contributed by atoms with Gasteiger partial charge in [-0.15, -0.1) is 0 Å². The zero-order chi connectivity index (χ0) is 13.7. The topological polar surface area (TPSA) is 55.8 Å². The predicted molar refractivity (Wildman–Crippen MR) is 68.9 cm³/mol. The van der Waals surface area contributed by atoms with Crippen LogP contribution in [0.25, 0.3) is 0 Å². The van der Waals surface area contributed by atoms with Crippen LogP contribution in [0.3, 0.4) is 0 Å². The summed E-state index contributed by atoms with van der Waals surface area (Å²) >= 11 is 0. The molecule has 0 fully saturated rings. The molecule has 1 unspecified atom stereocenters. The minimum Gasteiger partial charge on any atom is -0.496 e. The molecule has 1 rings (SSSR count). The molecule has 18 heavy (non-hydrogen) atoms. The molecule has 1 N–H and O–H groups in total. The fourth-order valence-corrected chi connectivity index (χ4v) is 1.91. The summed E-state index contributed by atoms with van der Waals surface area (Å²) in [5, 5.41) is 8.68. The first-order valence-corrected chi connectivity index (χ1v) is 5.93. The number of rotatable bonds is 6. The molecule has 0 spiro atoms. The van der Waals surface area contributed by atoms with E-state index in [4.69, 9.17) is 14.6 Å². The Morgan fingerprint density at radius 3 is 2.50 bits per heavy atom. The average molecular weight is 252 g/mol. The van der Waals surface area contributed by atoms with Gasteiger partial charge < -0.3 is 14.6 Å². The van der Waals surface area contributed by atoms with Gasteiger partial charge in [-0.1, -0.05) is 19.9 Å². The summed E-state index contributed by atoms with van der Waals surface area (Å²) < 4.78 is 10.6. The summed E-state index contributed by atoms with van der Waals surface area (Å²) in [6.07, 6.45) is -0.217. The molecule has 4 nitrogen and oxygen atoms in total. The normalized spacial score (nSPS) is 12.5. The number of hydrogen-bond acceptors (Lipinski definition) is 3. The molecule has 0 aliphatic carbocycles. The molecule has 0 bridgehead atoms. The van der Waals surface area contributed by atoms with E-state index in [-0.39, 0.29) is 18.6 Å². The SMILES string of the molecule is COc1ccc(C(OCC(=O)O)C(C)C)cc1C. The van der Waals surface area contributed by atoms with Gasteiger partial charge in [0, 0.05) is 0 Å². The van der Waals surface area contributed by atoms with E-state index < -0.39 is 5.97 Å². The Balaban J connectivity index is 2.92. The minimum absolute atomic E-state index is 0.206. The van der Waals surface area contributed by atoms with Crippen LogP contribution in [0.5, 0.6) is 5.75 Å². The van der Waals surface area contributed by atoms with Crippen molar-refractivity contribution in [3.63, 3.8) is 0 Å². The molecular weight excluding hydrogens is 232 g/mol. The number of carboxylic acid groups (broad SMARTS) is 1. The standard InChI is InChI=1S/C14H20O4/c1-9(2)14(18-8-13(15)16)11-5-6-12(17-4)10(3)7-11/h5-7,9,14H,8H2,1-4H3,(H,15,16). The molecule has 0 heterocycles. The Bertz CT molecular complexity index is 412. The highest BCUT2D eigenvalue weighted by molar-refractivity contribution is 5.68. The van der Waals surface area contributed by atoms with Crippen molar-refractivity contribution in [3.8, 4) is 5.75 Å². The van der Waals surface area contributed by atoms with Crippen molar-refractivity contribution < 1.29 is 19.4 Å². The van der Waals surface area contributed by atoms with Crippen LogP contribution in [-0.2, 0) is 9.53 Å². The van der Waals surface area contributed by atoms with Gasteiger partial charge in [0.1, 0.15) is 12.4 Å². The largest absolute Gasteiger partial charge is 0.496 e. The van der Waals surface area contributed by atoms with E-state index >= 15 is 0 Å². The monoisotopic (exact) mass is 252 g/mol. The van der Waals surface area contributed by atoms with Crippen LogP contribution in [0, 0.1) is 12.8 Å². The van der Waals surface area contributed by atoms with Gasteiger partial charge in [-0.05, 0) is 36.1 Å². The quantitative estimate of drug-likeness (QED) is 0.845. The third-order valence-corrected chi connectivity index (χ3v) is 2.74.